The molecule has 2 nitrogen and oxygen atoms in total. The lowest BCUT2D eigenvalue weighted by Crippen LogP contribution is -2.05. The van der Waals surface area contributed by atoms with Gasteiger partial charge in [0.1, 0.15) is 5.03 Å². The summed E-state index contributed by atoms with van der Waals surface area (Å²) < 4.78 is 37.0. The van der Waals surface area contributed by atoms with E-state index in [0.29, 0.717) is 17.3 Å². The lowest BCUT2D eigenvalue weighted by atomic mass is 10.3. The molecule has 1 heterocycles. The van der Waals surface area contributed by atoms with Gasteiger partial charge in [-0.2, -0.15) is 13.2 Å². The lowest BCUT2D eigenvalue weighted by molar-refractivity contribution is -0.137. The lowest BCUT2D eigenvalue weighted by Gasteiger charge is -2.08. The summed E-state index contributed by atoms with van der Waals surface area (Å²) >= 11 is 6.97. The molecule has 0 bridgehead atoms. The molecule has 0 aliphatic heterocycles. The van der Waals surface area contributed by atoms with Crippen molar-refractivity contribution in [2.24, 2.45) is 5.73 Å². The molecule has 0 saturated carbocycles. The fourth-order valence-corrected chi connectivity index (χ4v) is 2.02. The number of hydrogen-bond acceptors (Lipinski definition) is 3. The van der Waals surface area contributed by atoms with Crippen LogP contribution in [0.15, 0.2) is 29.4 Å². The van der Waals surface area contributed by atoms with Crippen LogP contribution in [0.4, 0.5) is 13.2 Å². The highest BCUT2D eigenvalue weighted by atomic mass is 35.5. The molecule has 0 fully saturated rings. The van der Waals surface area contributed by atoms with Gasteiger partial charge in [-0.3, -0.25) is 0 Å². The summed E-state index contributed by atoms with van der Waals surface area (Å²) in [4.78, 5) is 3.69. The average Bonchev–Trinajstić information content (AvgIpc) is 2.24. The number of aromatic nitrogens is 1. The van der Waals surface area contributed by atoms with Crippen LogP contribution in [0, 0.1) is 0 Å². The van der Waals surface area contributed by atoms with Crippen LogP contribution < -0.4 is 5.73 Å². The van der Waals surface area contributed by atoms with E-state index in [0.717, 1.165) is 12.3 Å². The highest BCUT2D eigenvalue weighted by Crippen LogP contribution is 2.33. The first-order valence-corrected chi connectivity index (χ1v) is 6.02. The quantitative estimate of drug-likeness (QED) is 0.680. The summed E-state index contributed by atoms with van der Waals surface area (Å²) in [5.74, 6) is 0.565. The molecule has 1 aromatic rings. The highest BCUT2D eigenvalue weighted by Gasteiger charge is 2.31. The van der Waals surface area contributed by atoms with Crippen molar-refractivity contribution in [2.75, 3.05) is 12.3 Å². The van der Waals surface area contributed by atoms with E-state index in [4.69, 9.17) is 17.3 Å². The molecule has 1 rings (SSSR count). The van der Waals surface area contributed by atoms with Crippen LogP contribution in [-0.2, 0) is 6.18 Å². The largest absolute Gasteiger partial charge is 0.417 e. The van der Waals surface area contributed by atoms with Gasteiger partial charge < -0.3 is 5.73 Å². The Morgan fingerprint density at radius 3 is 2.65 bits per heavy atom. The van der Waals surface area contributed by atoms with E-state index >= 15 is 0 Å². The zero-order valence-corrected chi connectivity index (χ0v) is 10.2. The molecule has 0 aromatic carbocycles. The smallest absolute Gasteiger partial charge is 0.327 e. The second kappa shape index (κ2) is 6.28. The van der Waals surface area contributed by atoms with E-state index < -0.39 is 11.7 Å². The summed E-state index contributed by atoms with van der Waals surface area (Å²) in [6.07, 6.45) is -0.0779. The standard InChI is InChI=1S/C10H10ClF3N2S/c11-8-5-7(10(12,13)14)6-16-9(8)17-4-2-1-3-15/h1-2,5-6H,3-4,15H2. The minimum absolute atomic E-state index is 0.00553. The number of nitrogens with zero attached hydrogens (tertiary/aromatic N) is 1. The van der Waals surface area contributed by atoms with Crippen LogP contribution in [0.1, 0.15) is 5.56 Å². The summed E-state index contributed by atoms with van der Waals surface area (Å²) in [5.41, 5.74) is 4.40. The second-order valence-electron chi connectivity index (χ2n) is 3.03. The molecule has 0 amide bonds. The van der Waals surface area contributed by atoms with Gasteiger partial charge in [0.15, 0.2) is 0 Å². The van der Waals surface area contributed by atoms with Gasteiger partial charge in [-0.05, 0) is 6.07 Å². The normalized spacial score (nSPS) is 12.3. The molecule has 0 aliphatic rings. The SMILES string of the molecule is NCC=CCSc1ncc(C(F)(F)F)cc1Cl. The highest BCUT2D eigenvalue weighted by molar-refractivity contribution is 7.99. The van der Waals surface area contributed by atoms with Gasteiger partial charge in [-0.25, -0.2) is 4.98 Å². The summed E-state index contributed by atoms with van der Waals surface area (Å²) in [5, 5.41) is 0.382. The first-order chi connectivity index (χ1) is 7.95. The maximum atomic E-state index is 12.3. The van der Waals surface area contributed by atoms with E-state index in [-0.39, 0.29) is 5.02 Å². The molecule has 0 aliphatic carbocycles. The van der Waals surface area contributed by atoms with Gasteiger partial charge in [0, 0.05) is 18.5 Å². The zero-order chi connectivity index (χ0) is 12.9. The van der Waals surface area contributed by atoms with Crippen molar-refractivity contribution in [1.82, 2.24) is 4.98 Å². The van der Waals surface area contributed by atoms with Crippen LogP contribution in [0.5, 0.6) is 0 Å². The van der Waals surface area contributed by atoms with Crippen molar-refractivity contribution >= 4 is 23.4 Å². The predicted octanol–water partition coefficient (Wildman–Crippen LogP) is 3.36. The van der Waals surface area contributed by atoms with Gasteiger partial charge in [0.05, 0.1) is 10.6 Å². The Kier molecular flexibility index (Phi) is 5.30. The van der Waals surface area contributed by atoms with Crippen LogP contribution in [0.25, 0.3) is 0 Å². The number of halogens is 4. The van der Waals surface area contributed by atoms with E-state index in [2.05, 4.69) is 4.98 Å². The Morgan fingerprint density at radius 1 is 1.41 bits per heavy atom. The maximum absolute atomic E-state index is 12.3. The Labute approximate surface area is 106 Å². The molecular formula is C10H10ClF3N2S. The number of alkyl halides is 3. The Hall–Kier alpha value is -0.720. The van der Waals surface area contributed by atoms with Gasteiger partial charge in [-0.1, -0.05) is 23.8 Å². The maximum Gasteiger partial charge on any atom is 0.417 e. The molecule has 0 spiro atoms. The number of rotatable bonds is 4. The van der Waals surface area contributed by atoms with Crippen LogP contribution >= 0.6 is 23.4 Å². The second-order valence-corrected chi connectivity index (χ2v) is 4.44. The average molecular weight is 283 g/mol. The van der Waals surface area contributed by atoms with Gasteiger partial charge in [-0.15, -0.1) is 11.8 Å². The van der Waals surface area contributed by atoms with Crippen molar-refractivity contribution < 1.29 is 13.2 Å². The summed E-state index contributed by atoms with van der Waals surface area (Å²) in [6.45, 7) is 0.425. The van der Waals surface area contributed by atoms with Crippen LogP contribution in [-0.4, -0.2) is 17.3 Å². The molecule has 1 aromatic heterocycles. The molecule has 0 unspecified atom stereocenters. The van der Waals surface area contributed by atoms with Crippen molar-refractivity contribution in [2.45, 2.75) is 11.2 Å². The first-order valence-electron chi connectivity index (χ1n) is 4.65. The summed E-state index contributed by atoms with van der Waals surface area (Å²) in [6, 6.07) is 0.879. The molecule has 0 radical (unpaired) electrons. The number of nitrogens with two attached hydrogens (primary N) is 1. The number of pyridine rings is 1. The summed E-state index contributed by atoms with van der Waals surface area (Å²) in [7, 11) is 0. The number of hydrogen-bond donors (Lipinski definition) is 1. The minimum atomic E-state index is -4.42. The molecule has 7 heteroatoms. The van der Waals surface area contributed by atoms with Crippen molar-refractivity contribution in [3.63, 3.8) is 0 Å². The molecule has 94 valence electrons. The van der Waals surface area contributed by atoms with E-state index in [1.54, 1.807) is 12.2 Å². The fraction of sp³-hybridized carbons (Fsp3) is 0.300. The monoisotopic (exact) mass is 282 g/mol. The molecule has 17 heavy (non-hydrogen) atoms. The molecule has 0 atom stereocenters. The van der Waals surface area contributed by atoms with Gasteiger partial charge in [0.2, 0.25) is 0 Å². The van der Waals surface area contributed by atoms with E-state index in [1.807, 2.05) is 0 Å². The third kappa shape index (κ3) is 4.57. The van der Waals surface area contributed by atoms with E-state index in [9.17, 15) is 13.2 Å². The molecular weight excluding hydrogens is 273 g/mol. The Balaban J connectivity index is 2.73. The Bertz CT molecular complexity index is 407. The van der Waals surface area contributed by atoms with Crippen molar-refractivity contribution in [3.05, 3.63) is 35.0 Å². The predicted molar refractivity (Wildman–Crippen MR) is 63.2 cm³/mol. The van der Waals surface area contributed by atoms with Gasteiger partial charge >= 0.3 is 6.18 Å². The number of thioether (sulfide) groups is 1. The minimum Gasteiger partial charge on any atom is -0.327 e. The molecule has 2 N–H and O–H groups in total. The Morgan fingerprint density at radius 2 is 2.12 bits per heavy atom. The third-order valence-corrected chi connectivity index (χ3v) is 3.11. The molecule has 0 saturated heterocycles. The topological polar surface area (TPSA) is 38.9 Å². The van der Waals surface area contributed by atoms with Crippen LogP contribution in [0.3, 0.4) is 0 Å². The van der Waals surface area contributed by atoms with Gasteiger partial charge in [0.25, 0.3) is 0 Å². The third-order valence-electron chi connectivity index (χ3n) is 1.75. The van der Waals surface area contributed by atoms with Crippen molar-refractivity contribution in [1.29, 1.82) is 0 Å². The fourth-order valence-electron chi connectivity index (χ4n) is 0.978. The van der Waals surface area contributed by atoms with E-state index in [1.165, 1.54) is 11.8 Å². The first kappa shape index (κ1) is 14.3. The zero-order valence-electron chi connectivity index (χ0n) is 8.67. The van der Waals surface area contributed by atoms with Crippen LogP contribution in [0.2, 0.25) is 5.02 Å². The van der Waals surface area contributed by atoms with Crippen molar-refractivity contribution in [3.8, 4) is 0 Å².